The first-order chi connectivity index (χ1) is 16.4. The van der Waals surface area contributed by atoms with Crippen LogP contribution in [0.3, 0.4) is 0 Å². The number of carbonyl (C=O) groups excluding carboxylic acids is 1. The Kier molecular flexibility index (Phi) is 6.22. The van der Waals surface area contributed by atoms with Crippen molar-refractivity contribution in [1.29, 1.82) is 0 Å². The van der Waals surface area contributed by atoms with Crippen LogP contribution in [0.2, 0.25) is 0 Å². The average molecular weight is 485 g/mol. The minimum atomic E-state index is -3.69. The molecule has 3 heterocycles. The lowest BCUT2D eigenvalue weighted by Crippen LogP contribution is -2.43. The molecular weight excluding hydrogens is 456 g/mol. The fourth-order valence-electron chi connectivity index (χ4n) is 4.43. The van der Waals surface area contributed by atoms with Crippen LogP contribution in [0, 0.1) is 5.92 Å². The molecule has 1 amide bonds. The lowest BCUT2D eigenvalue weighted by atomic mass is 9.97. The van der Waals surface area contributed by atoms with Crippen LogP contribution in [-0.2, 0) is 14.8 Å². The Balaban J connectivity index is 1.21. The number of sulfonamides is 1. The molecule has 1 N–H and O–H groups in total. The standard InChI is InChI=1S/C25H28N2O6S/c1-17(23-15-19-5-2-3-6-21(19)33-23)26-25(28)18-9-11-27(12-10-18)34(29,30)20-7-8-22-24(16-20)32-14-4-13-31-22/h2-3,5-8,15-18H,4,9-14H2,1H3,(H,26,28). The molecule has 180 valence electrons. The lowest BCUT2D eigenvalue weighted by molar-refractivity contribution is -0.126. The molecule has 1 fully saturated rings. The third-order valence-corrected chi connectivity index (χ3v) is 8.31. The van der Waals surface area contributed by atoms with Gasteiger partial charge < -0.3 is 19.2 Å². The number of benzene rings is 2. The van der Waals surface area contributed by atoms with Gasteiger partial charge in [0.15, 0.2) is 11.5 Å². The number of furan rings is 1. The molecule has 0 spiro atoms. The summed E-state index contributed by atoms with van der Waals surface area (Å²) in [5.41, 5.74) is 0.784. The van der Waals surface area contributed by atoms with Crippen LogP contribution in [0.5, 0.6) is 11.5 Å². The SMILES string of the molecule is CC(NC(=O)C1CCN(S(=O)(=O)c2ccc3c(c2)OCCCO3)CC1)c1cc2ccccc2o1. The van der Waals surface area contributed by atoms with Crippen molar-refractivity contribution in [3.63, 3.8) is 0 Å². The van der Waals surface area contributed by atoms with Crippen LogP contribution in [-0.4, -0.2) is 44.9 Å². The van der Waals surface area contributed by atoms with E-state index in [1.165, 1.54) is 10.4 Å². The van der Waals surface area contributed by atoms with Crippen molar-refractivity contribution in [3.05, 3.63) is 54.3 Å². The number of carbonyl (C=O) groups is 1. The smallest absolute Gasteiger partial charge is 0.243 e. The predicted molar refractivity (Wildman–Crippen MR) is 126 cm³/mol. The molecule has 3 aromatic rings. The summed E-state index contributed by atoms with van der Waals surface area (Å²) in [5, 5.41) is 4.01. The van der Waals surface area contributed by atoms with Gasteiger partial charge in [0.2, 0.25) is 15.9 Å². The topological polar surface area (TPSA) is 98.1 Å². The number of amides is 1. The zero-order valence-corrected chi connectivity index (χ0v) is 19.8. The number of ether oxygens (including phenoxy) is 2. The lowest BCUT2D eigenvalue weighted by Gasteiger charge is -2.31. The van der Waals surface area contributed by atoms with Gasteiger partial charge in [-0.25, -0.2) is 8.42 Å². The summed E-state index contributed by atoms with van der Waals surface area (Å²) < 4.78 is 44.9. The van der Waals surface area contributed by atoms with Gasteiger partial charge in [0.05, 0.1) is 24.2 Å². The highest BCUT2D eigenvalue weighted by atomic mass is 32.2. The summed E-state index contributed by atoms with van der Waals surface area (Å²) in [5.74, 6) is 1.38. The van der Waals surface area contributed by atoms with Gasteiger partial charge in [-0.2, -0.15) is 4.31 Å². The van der Waals surface area contributed by atoms with Crippen LogP contribution >= 0.6 is 0 Å². The Bertz CT molecular complexity index is 1260. The van der Waals surface area contributed by atoms with Crippen LogP contribution in [0.25, 0.3) is 11.0 Å². The van der Waals surface area contributed by atoms with Gasteiger partial charge in [0.25, 0.3) is 0 Å². The third-order valence-electron chi connectivity index (χ3n) is 6.41. The third kappa shape index (κ3) is 4.50. The number of para-hydroxylation sites is 1. The fourth-order valence-corrected chi connectivity index (χ4v) is 5.92. The molecule has 8 nitrogen and oxygen atoms in total. The van der Waals surface area contributed by atoms with Crippen molar-refractivity contribution in [1.82, 2.24) is 9.62 Å². The molecule has 2 aliphatic heterocycles. The number of rotatable bonds is 5. The molecule has 0 radical (unpaired) electrons. The number of nitrogens with one attached hydrogen (secondary N) is 1. The van der Waals surface area contributed by atoms with E-state index < -0.39 is 10.0 Å². The maximum absolute atomic E-state index is 13.2. The minimum absolute atomic E-state index is 0.0828. The van der Waals surface area contributed by atoms with Crippen molar-refractivity contribution < 1.29 is 27.1 Å². The molecule has 2 aliphatic rings. The molecule has 1 aromatic heterocycles. The number of nitrogens with zero attached hydrogens (tertiary/aromatic N) is 1. The van der Waals surface area contributed by atoms with Gasteiger partial charge in [-0.05, 0) is 44.0 Å². The van der Waals surface area contributed by atoms with E-state index in [0.717, 1.165) is 17.4 Å². The first kappa shape index (κ1) is 22.7. The van der Waals surface area contributed by atoms with Crippen molar-refractivity contribution >= 4 is 26.9 Å². The van der Waals surface area contributed by atoms with Crippen molar-refractivity contribution in [3.8, 4) is 11.5 Å². The van der Waals surface area contributed by atoms with Crippen LogP contribution in [0.15, 0.2) is 57.8 Å². The van der Waals surface area contributed by atoms with Crippen LogP contribution < -0.4 is 14.8 Å². The van der Waals surface area contributed by atoms with Crippen molar-refractivity contribution in [2.75, 3.05) is 26.3 Å². The maximum atomic E-state index is 13.2. The molecule has 0 aliphatic carbocycles. The Morgan fingerprint density at radius 1 is 1.03 bits per heavy atom. The van der Waals surface area contributed by atoms with E-state index in [1.807, 2.05) is 37.3 Å². The average Bonchev–Trinajstić information content (AvgIpc) is 3.15. The highest BCUT2D eigenvalue weighted by Gasteiger charge is 2.33. The molecular formula is C25H28N2O6S. The zero-order chi connectivity index (χ0) is 23.7. The monoisotopic (exact) mass is 484 g/mol. The molecule has 0 saturated carbocycles. The first-order valence-electron chi connectivity index (χ1n) is 11.6. The second-order valence-electron chi connectivity index (χ2n) is 8.75. The molecule has 1 saturated heterocycles. The van der Waals surface area contributed by atoms with E-state index in [4.69, 9.17) is 13.9 Å². The summed E-state index contributed by atoms with van der Waals surface area (Å²) in [7, 11) is -3.69. The highest BCUT2D eigenvalue weighted by Crippen LogP contribution is 2.34. The maximum Gasteiger partial charge on any atom is 0.243 e. The van der Waals surface area contributed by atoms with E-state index in [-0.39, 0.29) is 35.9 Å². The van der Waals surface area contributed by atoms with Gasteiger partial charge in [-0.3, -0.25) is 4.79 Å². The molecule has 1 atom stereocenters. The van der Waals surface area contributed by atoms with Gasteiger partial charge >= 0.3 is 0 Å². The van der Waals surface area contributed by atoms with E-state index >= 15 is 0 Å². The van der Waals surface area contributed by atoms with Gasteiger partial charge in [0, 0.05) is 36.9 Å². The summed E-state index contributed by atoms with van der Waals surface area (Å²) in [6.45, 7) is 3.49. The molecule has 9 heteroatoms. The summed E-state index contributed by atoms with van der Waals surface area (Å²) in [6, 6.07) is 14.1. The summed E-state index contributed by atoms with van der Waals surface area (Å²) in [6.07, 6.45) is 1.67. The minimum Gasteiger partial charge on any atom is -0.490 e. The Morgan fingerprint density at radius 3 is 2.53 bits per heavy atom. The van der Waals surface area contributed by atoms with Gasteiger partial charge in [-0.1, -0.05) is 18.2 Å². The second kappa shape index (κ2) is 9.31. The summed E-state index contributed by atoms with van der Waals surface area (Å²) >= 11 is 0. The van der Waals surface area contributed by atoms with E-state index in [1.54, 1.807) is 12.1 Å². The highest BCUT2D eigenvalue weighted by molar-refractivity contribution is 7.89. The van der Waals surface area contributed by atoms with E-state index in [9.17, 15) is 13.2 Å². The second-order valence-corrected chi connectivity index (χ2v) is 10.7. The van der Waals surface area contributed by atoms with Gasteiger partial charge in [0.1, 0.15) is 11.3 Å². The first-order valence-corrected chi connectivity index (χ1v) is 13.0. The van der Waals surface area contributed by atoms with Crippen LogP contribution in [0.1, 0.15) is 38.0 Å². The normalized spacial score (nSPS) is 18.4. The number of hydrogen-bond acceptors (Lipinski definition) is 6. The largest absolute Gasteiger partial charge is 0.490 e. The van der Waals surface area contributed by atoms with Gasteiger partial charge in [-0.15, -0.1) is 0 Å². The predicted octanol–water partition coefficient (Wildman–Crippen LogP) is 3.87. The zero-order valence-electron chi connectivity index (χ0n) is 19.0. The van der Waals surface area contributed by atoms with Crippen LogP contribution in [0.4, 0.5) is 0 Å². The van der Waals surface area contributed by atoms with Crippen molar-refractivity contribution in [2.45, 2.75) is 37.1 Å². The molecule has 34 heavy (non-hydrogen) atoms. The number of fused-ring (bicyclic) bond motifs is 2. The molecule has 0 bridgehead atoms. The molecule has 2 aromatic carbocycles. The Hall–Kier alpha value is -3.04. The van der Waals surface area contributed by atoms with Crippen molar-refractivity contribution in [2.24, 2.45) is 5.92 Å². The fraction of sp³-hybridized carbons (Fsp3) is 0.400. The van der Waals surface area contributed by atoms with E-state index in [0.29, 0.717) is 43.3 Å². The summed E-state index contributed by atoms with van der Waals surface area (Å²) in [4.78, 5) is 13.0. The van der Waals surface area contributed by atoms with E-state index in [2.05, 4.69) is 5.32 Å². The Morgan fingerprint density at radius 2 is 1.76 bits per heavy atom. The Labute approximate surface area is 198 Å². The molecule has 1 unspecified atom stereocenters. The quantitative estimate of drug-likeness (QED) is 0.590. The number of piperidine rings is 1. The number of hydrogen-bond donors (Lipinski definition) is 1. The molecule has 5 rings (SSSR count).